The first-order chi connectivity index (χ1) is 19.1. The van der Waals surface area contributed by atoms with Crippen molar-refractivity contribution in [1.29, 1.82) is 0 Å². The highest BCUT2D eigenvalue weighted by Gasteiger charge is 2.73. The second-order valence-electron chi connectivity index (χ2n) is 12.8. The van der Waals surface area contributed by atoms with Gasteiger partial charge in [-0.2, -0.15) is 0 Å². The van der Waals surface area contributed by atoms with Gasteiger partial charge in [-0.05, 0) is 55.2 Å². The van der Waals surface area contributed by atoms with E-state index in [1.807, 2.05) is 12.2 Å². The Hall–Kier alpha value is -2.45. The third kappa shape index (κ3) is 4.37. The zero-order valence-corrected chi connectivity index (χ0v) is 24.1. The van der Waals surface area contributed by atoms with Crippen molar-refractivity contribution in [3.8, 4) is 0 Å². The molecular formula is C31H39ClFN3O4. The highest BCUT2D eigenvalue weighted by molar-refractivity contribution is 6.31. The number of carbonyl (C=O) groups is 3. The van der Waals surface area contributed by atoms with Crippen LogP contribution in [0, 0.1) is 35.4 Å². The van der Waals surface area contributed by atoms with Gasteiger partial charge in [0.15, 0.2) is 0 Å². The van der Waals surface area contributed by atoms with E-state index in [4.69, 9.17) is 16.3 Å². The van der Waals surface area contributed by atoms with Gasteiger partial charge in [-0.25, -0.2) is 4.39 Å². The molecule has 3 amide bonds. The summed E-state index contributed by atoms with van der Waals surface area (Å²) in [5.41, 5.74) is -0.857. The summed E-state index contributed by atoms with van der Waals surface area (Å²) in [6.45, 7) is 6.57. The maximum Gasteiger partial charge on any atom is 0.246 e. The number of halogens is 2. The van der Waals surface area contributed by atoms with Crippen molar-refractivity contribution in [3.05, 3.63) is 41.2 Å². The molecule has 7 nitrogen and oxygen atoms in total. The van der Waals surface area contributed by atoms with Crippen molar-refractivity contribution in [2.45, 2.75) is 95.5 Å². The second-order valence-corrected chi connectivity index (χ2v) is 13.2. The maximum atomic E-state index is 14.4. The second kappa shape index (κ2) is 10.4. The SMILES string of the molecule is CC1CCCC(NC(=O)C2N(C3CCCCC3C)C(=O)[C@@H]3C(C(=O)Nc4ccc(F)c(Cl)c4)[C@@H]4C=CC23O4)C1C. The number of nitrogens with one attached hydrogen (secondary N) is 2. The summed E-state index contributed by atoms with van der Waals surface area (Å²) in [7, 11) is 0. The normalized spacial score (nSPS) is 40.3. The molecule has 216 valence electrons. The zero-order valence-electron chi connectivity index (χ0n) is 23.4. The number of likely N-dealkylation sites (tertiary alicyclic amines) is 1. The minimum absolute atomic E-state index is 0.0392. The van der Waals surface area contributed by atoms with Crippen LogP contribution in [-0.2, 0) is 19.1 Å². The van der Waals surface area contributed by atoms with Crippen LogP contribution in [0.2, 0.25) is 5.02 Å². The van der Waals surface area contributed by atoms with Crippen LogP contribution in [0.4, 0.5) is 10.1 Å². The van der Waals surface area contributed by atoms with Gasteiger partial charge in [0.2, 0.25) is 17.7 Å². The lowest BCUT2D eigenvalue weighted by atomic mass is 9.73. The molecule has 10 atom stereocenters. The molecule has 2 saturated carbocycles. The van der Waals surface area contributed by atoms with Gasteiger partial charge in [-0.1, -0.05) is 70.2 Å². The van der Waals surface area contributed by atoms with Crippen molar-refractivity contribution >= 4 is 35.0 Å². The number of carbonyl (C=O) groups excluding carboxylic acids is 3. The van der Waals surface area contributed by atoms with Crippen LogP contribution < -0.4 is 10.6 Å². The fourth-order valence-electron chi connectivity index (χ4n) is 8.12. The third-order valence-electron chi connectivity index (χ3n) is 10.5. The third-order valence-corrected chi connectivity index (χ3v) is 10.8. The number of fused-ring (bicyclic) bond motifs is 1. The Labute approximate surface area is 240 Å². The zero-order chi connectivity index (χ0) is 28.3. The van der Waals surface area contributed by atoms with E-state index < -0.39 is 41.3 Å². The molecule has 2 bridgehead atoms. The molecule has 1 aromatic rings. The largest absolute Gasteiger partial charge is 0.359 e. The van der Waals surface area contributed by atoms with Gasteiger partial charge in [0.1, 0.15) is 17.5 Å². The van der Waals surface area contributed by atoms with E-state index in [0.717, 1.165) is 44.9 Å². The minimum atomic E-state index is -1.20. The van der Waals surface area contributed by atoms with Crippen LogP contribution in [0.1, 0.15) is 65.7 Å². The number of hydrogen-bond donors (Lipinski definition) is 2. The number of ether oxygens (including phenoxy) is 1. The fraction of sp³-hybridized carbons (Fsp3) is 0.645. The molecule has 3 heterocycles. The molecule has 1 aromatic carbocycles. The van der Waals surface area contributed by atoms with E-state index >= 15 is 0 Å². The number of hydrogen-bond acceptors (Lipinski definition) is 4. The number of anilines is 1. The summed E-state index contributed by atoms with van der Waals surface area (Å²) in [5, 5.41) is 6.05. The highest BCUT2D eigenvalue weighted by Crippen LogP contribution is 2.56. The minimum Gasteiger partial charge on any atom is -0.359 e. The van der Waals surface area contributed by atoms with Gasteiger partial charge in [-0.15, -0.1) is 0 Å². The molecule has 0 radical (unpaired) electrons. The molecule has 5 aliphatic rings. The molecule has 2 saturated heterocycles. The van der Waals surface area contributed by atoms with Crippen LogP contribution in [0.5, 0.6) is 0 Å². The number of rotatable bonds is 5. The van der Waals surface area contributed by atoms with E-state index in [2.05, 4.69) is 31.4 Å². The molecule has 6 rings (SSSR count). The Kier molecular flexibility index (Phi) is 7.22. The van der Waals surface area contributed by atoms with E-state index in [9.17, 15) is 18.8 Å². The molecule has 0 aromatic heterocycles. The van der Waals surface area contributed by atoms with E-state index in [0.29, 0.717) is 17.5 Å². The molecule has 2 aliphatic carbocycles. The molecule has 4 fully saturated rings. The predicted molar refractivity (Wildman–Crippen MR) is 150 cm³/mol. The summed E-state index contributed by atoms with van der Waals surface area (Å²) in [6.07, 6.45) is 10.1. The van der Waals surface area contributed by atoms with Crippen molar-refractivity contribution in [3.63, 3.8) is 0 Å². The van der Waals surface area contributed by atoms with Crippen LogP contribution in [0.3, 0.4) is 0 Å². The van der Waals surface area contributed by atoms with Gasteiger partial charge in [0.05, 0.1) is 23.0 Å². The van der Waals surface area contributed by atoms with Crippen LogP contribution in [0.15, 0.2) is 30.4 Å². The summed E-state index contributed by atoms with van der Waals surface area (Å²) in [4.78, 5) is 44.1. The molecule has 40 heavy (non-hydrogen) atoms. The summed E-state index contributed by atoms with van der Waals surface area (Å²) in [5.74, 6) is -1.89. The average molecular weight is 572 g/mol. The van der Waals surface area contributed by atoms with E-state index in [1.54, 1.807) is 4.90 Å². The molecule has 1 spiro atoms. The Morgan fingerprint density at radius 3 is 2.55 bits per heavy atom. The Morgan fingerprint density at radius 2 is 1.80 bits per heavy atom. The Balaban J connectivity index is 1.33. The lowest BCUT2D eigenvalue weighted by molar-refractivity contribution is -0.146. The molecule has 2 N–H and O–H groups in total. The predicted octanol–water partition coefficient (Wildman–Crippen LogP) is 5.09. The monoisotopic (exact) mass is 571 g/mol. The lowest BCUT2D eigenvalue weighted by Crippen LogP contribution is -2.60. The van der Waals surface area contributed by atoms with E-state index in [1.165, 1.54) is 18.2 Å². The highest BCUT2D eigenvalue weighted by atomic mass is 35.5. The van der Waals surface area contributed by atoms with Crippen molar-refractivity contribution < 1.29 is 23.5 Å². The van der Waals surface area contributed by atoms with Crippen LogP contribution >= 0.6 is 11.6 Å². The molecule has 8 unspecified atom stereocenters. The summed E-state index contributed by atoms with van der Waals surface area (Å²) >= 11 is 5.94. The molecule has 9 heteroatoms. The summed E-state index contributed by atoms with van der Waals surface area (Å²) < 4.78 is 20.2. The number of nitrogens with zero attached hydrogens (tertiary/aromatic N) is 1. The van der Waals surface area contributed by atoms with Gasteiger partial charge in [-0.3, -0.25) is 14.4 Å². The van der Waals surface area contributed by atoms with Crippen molar-refractivity contribution in [2.75, 3.05) is 5.32 Å². The first kappa shape index (κ1) is 27.7. The van der Waals surface area contributed by atoms with Gasteiger partial charge >= 0.3 is 0 Å². The quantitative estimate of drug-likeness (QED) is 0.482. The van der Waals surface area contributed by atoms with Gasteiger partial charge < -0.3 is 20.3 Å². The molecular weight excluding hydrogens is 533 g/mol. The van der Waals surface area contributed by atoms with Crippen LogP contribution in [0.25, 0.3) is 0 Å². The lowest BCUT2D eigenvalue weighted by Gasteiger charge is -2.42. The van der Waals surface area contributed by atoms with Crippen molar-refractivity contribution in [2.24, 2.45) is 29.6 Å². The van der Waals surface area contributed by atoms with Crippen molar-refractivity contribution in [1.82, 2.24) is 10.2 Å². The van der Waals surface area contributed by atoms with Gasteiger partial charge in [0, 0.05) is 17.8 Å². The standard InChI is InChI=1S/C31H39ClFN3O4/c1-16-8-6-9-22(18(16)3)35-29(38)27-31-14-13-24(40-31)25(28(37)34-19-11-12-21(33)20(32)15-19)26(31)30(39)36(27)23-10-5-4-7-17(23)2/h11-18,22-27H,4-10H2,1-3H3,(H,34,37)(H,35,38)/t16?,17?,18?,22?,23?,24-,25?,26-,27?,31?/m0/s1. The van der Waals surface area contributed by atoms with Crippen LogP contribution in [-0.4, -0.2) is 52.5 Å². The maximum absolute atomic E-state index is 14.4. The average Bonchev–Trinajstić information content (AvgIpc) is 3.56. The number of amides is 3. The van der Waals surface area contributed by atoms with Gasteiger partial charge in [0.25, 0.3) is 0 Å². The fourth-order valence-corrected chi connectivity index (χ4v) is 8.30. The molecule has 3 aliphatic heterocycles. The Bertz CT molecular complexity index is 1240. The smallest absolute Gasteiger partial charge is 0.246 e. The first-order valence-corrected chi connectivity index (χ1v) is 15.3. The first-order valence-electron chi connectivity index (χ1n) is 14.9. The topological polar surface area (TPSA) is 87.7 Å². The number of benzene rings is 1. The summed E-state index contributed by atoms with van der Waals surface area (Å²) in [6, 6.07) is 3.10. The van der Waals surface area contributed by atoms with E-state index in [-0.39, 0.29) is 34.8 Å². The Morgan fingerprint density at radius 1 is 1.05 bits per heavy atom.